The second kappa shape index (κ2) is 9.19. The molecule has 6 nitrogen and oxygen atoms in total. The maximum atomic E-state index is 11.1. The zero-order valence-corrected chi connectivity index (χ0v) is 15.3. The van der Waals surface area contributed by atoms with Crippen molar-refractivity contribution in [1.82, 2.24) is 10.2 Å². The molecule has 1 saturated heterocycles. The fourth-order valence-electron chi connectivity index (χ4n) is 2.93. The van der Waals surface area contributed by atoms with E-state index in [1.165, 1.54) is 12.1 Å². The minimum absolute atomic E-state index is 0.184. The van der Waals surface area contributed by atoms with Gasteiger partial charge in [0.1, 0.15) is 11.5 Å². The van der Waals surface area contributed by atoms with Crippen LogP contribution in [-0.4, -0.2) is 55.4 Å². The quantitative estimate of drug-likeness (QED) is 0.687. The number of ether oxygens (including phenoxy) is 1. The molecule has 0 saturated carbocycles. The number of hydrogen-bond acceptors (Lipinski definition) is 5. The molecule has 1 aromatic heterocycles. The lowest BCUT2D eigenvalue weighted by Gasteiger charge is -2.26. The average molecular weight is 379 g/mol. The van der Waals surface area contributed by atoms with Crippen LogP contribution in [0.5, 0.6) is 0 Å². The third-order valence-electron chi connectivity index (χ3n) is 4.37. The highest BCUT2D eigenvalue weighted by molar-refractivity contribution is 6.33. The van der Waals surface area contributed by atoms with Crippen molar-refractivity contribution in [2.24, 2.45) is 0 Å². The summed E-state index contributed by atoms with van der Waals surface area (Å²) in [5.41, 5.74) is 0.772. The highest BCUT2D eigenvalue weighted by Crippen LogP contribution is 2.30. The smallest absolute Gasteiger partial charge is 0.335 e. The molecule has 0 spiro atoms. The number of carbonyl (C=O) groups is 1. The molecule has 1 aliphatic rings. The van der Waals surface area contributed by atoms with Gasteiger partial charge < -0.3 is 19.6 Å². The van der Waals surface area contributed by atoms with Crippen molar-refractivity contribution in [3.63, 3.8) is 0 Å². The van der Waals surface area contributed by atoms with Crippen molar-refractivity contribution in [3.8, 4) is 11.3 Å². The first-order valence-corrected chi connectivity index (χ1v) is 9.14. The molecular weight excluding hydrogens is 356 g/mol. The Balaban J connectivity index is 1.49. The van der Waals surface area contributed by atoms with Gasteiger partial charge in [-0.2, -0.15) is 0 Å². The number of rotatable bonds is 8. The topological polar surface area (TPSA) is 74.9 Å². The predicted molar refractivity (Wildman–Crippen MR) is 99.7 cm³/mol. The van der Waals surface area contributed by atoms with Crippen molar-refractivity contribution in [1.29, 1.82) is 0 Å². The van der Waals surface area contributed by atoms with Crippen LogP contribution < -0.4 is 5.32 Å². The zero-order chi connectivity index (χ0) is 18.4. The molecule has 7 heteroatoms. The van der Waals surface area contributed by atoms with Crippen LogP contribution in [0, 0.1) is 0 Å². The second-order valence-electron chi connectivity index (χ2n) is 6.25. The summed E-state index contributed by atoms with van der Waals surface area (Å²) >= 11 is 6.18. The molecule has 1 aliphatic heterocycles. The summed E-state index contributed by atoms with van der Waals surface area (Å²) in [4.78, 5) is 13.5. The first-order chi connectivity index (χ1) is 12.6. The first kappa shape index (κ1) is 18.9. The Bertz CT molecular complexity index is 741. The van der Waals surface area contributed by atoms with Gasteiger partial charge in [0.05, 0.1) is 30.3 Å². The van der Waals surface area contributed by atoms with Crippen LogP contribution in [0.25, 0.3) is 11.3 Å². The molecule has 2 aromatic rings. The van der Waals surface area contributed by atoms with Crippen LogP contribution in [0.3, 0.4) is 0 Å². The van der Waals surface area contributed by atoms with Gasteiger partial charge in [-0.25, -0.2) is 4.79 Å². The molecule has 2 heterocycles. The van der Waals surface area contributed by atoms with Gasteiger partial charge in [0.2, 0.25) is 0 Å². The van der Waals surface area contributed by atoms with Gasteiger partial charge in [0.25, 0.3) is 0 Å². The van der Waals surface area contributed by atoms with Crippen molar-refractivity contribution in [2.45, 2.75) is 13.0 Å². The van der Waals surface area contributed by atoms with Crippen molar-refractivity contribution < 1.29 is 19.1 Å². The van der Waals surface area contributed by atoms with Gasteiger partial charge in [-0.05, 0) is 49.8 Å². The van der Waals surface area contributed by atoms with E-state index in [1.54, 1.807) is 6.07 Å². The SMILES string of the molecule is O=C(O)c1ccc(Cl)c(-c2ccc(CNCCCN3CCOCC3)o2)c1. The minimum atomic E-state index is -0.989. The van der Waals surface area contributed by atoms with Crippen LogP contribution in [0.4, 0.5) is 0 Å². The predicted octanol–water partition coefficient (Wildman–Crippen LogP) is 3.11. The lowest BCUT2D eigenvalue weighted by Crippen LogP contribution is -2.37. The van der Waals surface area contributed by atoms with Gasteiger partial charge in [-0.15, -0.1) is 0 Å². The van der Waals surface area contributed by atoms with E-state index in [9.17, 15) is 4.79 Å². The van der Waals surface area contributed by atoms with E-state index in [2.05, 4.69) is 10.2 Å². The summed E-state index contributed by atoms with van der Waals surface area (Å²) in [5, 5.41) is 13.0. The minimum Gasteiger partial charge on any atom is -0.478 e. The lowest BCUT2D eigenvalue weighted by atomic mass is 10.1. The number of benzene rings is 1. The molecule has 26 heavy (non-hydrogen) atoms. The van der Waals surface area contributed by atoms with E-state index in [4.69, 9.17) is 25.9 Å². The van der Waals surface area contributed by atoms with Crippen molar-refractivity contribution in [3.05, 3.63) is 46.7 Å². The molecule has 0 amide bonds. The molecular formula is C19H23ClN2O4. The third kappa shape index (κ3) is 5.08. The molecule has 0 aliphatic carbocycles. The van der Waals surface area contributed by atoms with E-state index < -0.39 is 5.97 Å². The molecule has 140 valence electrons. The van der Waals surface area contributed by atoms with Crippen molar-refractivity contribution in [2.75, 3.05) is 39.4 Å². The highest BCUT2D eigenvalue weighted by atomic mass is 35.5. The number of nitrogens with one attached hydrogen (secondary N) is 1. The number of aromatic carboxylic acids is 1. The van der Waals surface area contributed by atoms with Crippen LogP contribution in [-0.2, 0) is 11.3 Å². The number of carboxylic acids is 1. The Morgan fingerprint density at radius 3 is 2.81 bits per heavy atom. The van der Waals surface area contributed by atoms with Crippen LogP contribution in [0.2, 0.25) is 5.02 Å². The summed E-state index contributed by atoms with van der Waals surface area (Å²) in [6.45, 7) is 6.28. The molecule has 1 aromatic carbocycles. The van der Waals surface area contributed by atoms with Crippen molar-refractivity contribution >= 4 is 17.6 Å². The standard InChI is InChI=1S/C19H23ClN2O4/c20-17-4-2-14(19(23)24)12-16(17)18-5-3-15(26-18)13-21-6-1-7-22-8-10-25-11-9-22/h2-5,12,21H,1,6-11,13H2,(H,23,24). The van der Waals surface area contributed by atoms with E-state index >= 15 is 0 Å². The lowest BCUT2D eigenvalue weighted by molar-refractivity contribution is 0.0374. The van der Waals surface area contributed by atoms with E-state index in [0.717, 1.165) is 51.6 Å². The Morgan fingerprint density at radius 2 is 2.04 bits per heavy atom. The van der Waals surface area contributed by atoms with Crippen LogP contribution >= 0.6 is 11.6 Å². The van der Waals surface area contributed by atoms with Gasteiger partial charge in [0, 0.05) is 18.7 Å². The van der Waals surface area contributed by atoms with E-state index in [0.29, 0.717) is 22.9 Å². The normalized spacial score (nSPS) is 15.3. The summed E-state index contributed by atoms with van der Waals surface area (Å²) in [6, 6.07) is 8.29. The highest BCUT2D eigenvalue weighted by Gasteiger charge is 2.13. The molecule has 3 rings (SSSR count). The number of furan rings is 1. The van der Waals surface area contributed by atoms with Crippen LogP contribution in [0.15, 0.2) is 34.7 Å². The first-order valence-electron chi connectivity index (χ1n) is 8.76. The zero-order valence-electron chi connectivity index (χ0n) is 14.5. The number of hydrogen-bond donors (Lipinski definition) is 2. The maximum Gasteiger partial charge on any atom is 0.335 e. The summed E-state index contributed by atoms with van der Waals surface area (Å²) < 4.78 is 11.2. The summed E-state index contributed by atoms with van der Waals surface area (Å²) in [5.74, 6) is 0.378. The second-order valence-corrected chi connectivity index (χ2v) is 6.66. The third-order valence-corrected chi connectivity index (χ3v) is 4.70. The monoisotopic (exact) mass is 378 g/mol. The molecule has 0 radical (unpaired) electrons. The summed E-state index contributed by atoms with van der Waals surface area (Å²) in [7, 11) is 0. The van der Waals surface area contributed by atoms with Gasteiger partial charge in [-0.1, -0.05) is 11.6 Å². The number of nitrogens with zero attached hydrogens (tertiary/aromatic N) is 1. The largest absolute Gasteiger partial charge is 0.478 e. The van der Waals surface area contributed by atoms with E-state index in [-0.39, 0.29) is 5.56 Å². The number of carboxylic acid groups (broad SMARTS) is 1. The Kier molecular flexibility index (Phi) is 6.68. The van der Waals surface area contributed by atoms with Gasteiger partial charge in [-0.3, -0.25) is 4.90 Å². The molecule has 0 atom stereocenters. The number of morpholine rings is 1. The van der Waals surface area contributed by atoms with E-state index in [1.807, 2.05) is 12.1 Å². The molecule has 1 fully saturated rings. The fourth-order valence-corrected chi connectivity index (χ4v) is 3.14. The maximum absolute atomic E-state index is 11.1. The van der Waals surface area contributed by atoms with Crippen LogP contribution in [0.1, 0.15) is 22.5 Å². The Labute approximate surface area is 157 Å². The molecule has 0 bridgehead atoms. The Hall–Kier alpha value is -1.86. The Morgan fingerprint density at radius 1 is 1.23 bits per heavy atom. The van der Waals surface area contributed by atoms with Gasteiger partial charge in [0.15, 0.2) is 0 Å². The van der Waals surface area contributed by atoms with Gasteiger partial charge >= 0.3 is 5.97 Å². The molecule has 2 N–H and O–H groups in total. The average Bonchev–Trinajstić information content (AvgIpc) is 3.11. The number of halogens is 1. The fraction of sp³-hybridized carbons (Fsp3) is 0.421. The summed E-state index contributed by atoms with van der Waals surface area (Å²) in [6.07, 6.45) is 1.07. The molecule has 0 unspecified atom stereocenters.